The highest BCUT2D eigenvalue weighted by Gasteiger charge is 2.43. The molecule has 0 amide bonds. The van der Waals surface area contributed by atoms with Gasteiger partial charge in [0.2, 0.25) is 0 Å². The zero-order valence-corrected chi connectivity index (χ0v) is 11.5. The molecule has 0 radical (unpaired) electrons. The van der Waals surface area contributed by atoms with Gasteiger partial charge < -0.3 is 13.9 Å². The van der Waals surface area contributed by atoms with Crippen molar-refractivity contribution in [1.29, 1.82) is 0 Å². The number of ketones is 1. The van der Waals surface area contributed by atoms with E-state index >= 15 is 0 Å². The lowest BCUT2D eigenvalue weighted by Crippen LogP contribution is -2.42. The Morgan fingerprint density at radius 3 is 2.84 bits per heavy atom. The van der Waals surface area contributed by atoms with Crippen LogP contribution in [0.2, 0.25) is 0 Å². The molecule has 1 aromatic heterocycles. The average Bonchev–Trinajstić information content (AvgIpc) is 2.96. The van der Waals surface area contributed by atoms with E-state index in [1.807, 2.05) is 19.9 Å². The van der Waals surface area contributed by atoms with Crippen LogP contribution in [0, 0.1) is 19.8 Å². The van der Waals surface area contributed by atoms with E-state index in [2.05, 4.69) is 0 Å². The predicted molar refractivity (Wildman–Crippen MR) is 69.4 cm³/mol. The Labute approximate surface area is 113 Å². The van der Waals surface area contributed by atoms with E-state index in [4.69, 9.17) is 13.9 Å². The molecular formula is C15H20O4. The third-order valence-corrected chi connectivity index (χ3v) is 4.24. The smallest absolute Gasteiger partial charge is 0.169 e. The molecule has 2 aliphatic heterocycles. The van der Waals surface area contributed by atoms with Crippen molar-refractivity contribution in [2.24, 2.45) is 5.92 Å². The van der Waals surface area contributed by atoms with Gasteiger partial charge in [0.15, 0.2) is 5.78 Å². The Kier molecular flexibility index (Phi) is 3.23. The van der Waals surface area contributed by atoms with Gasteiger partial charge in [0, 0.05) is 25.6 Å². The number of Topliss-reactive ketones (excluding diaryl/α,β-unsaturated/α-hetero) is 1. The molecule has 19 heavy (non-hydrogen) atoms. The van der Waals surface area contributed by atoms with Crippen molar-refractivity contribution in [3.63, 3.8) is 0 Å². The molecule has 2 aliphatic rings. The maximum Gasteiger partial charge on any atom is 0.169 e. The van der Waals surface area contributed by atoms with Crippen LogP contribution in [-0.4, -0.2) is 31.2 Å². The van der Waals surface area contributed by atoms with E-state index in [1.165, 1.54) is 0 Å². The molecule has 2 unspecified atom stereocenters. The van der Waals surface area contributed by atoms with Crippen molar-refractivity contribution in [3.8, 4) is 0 Å². The number of ether oxygens (including phenoxy) is 2. The number of aryl methyl sites for hydroxylation is 2. The Morgan fingerprint density at radius 1 is 1.37 bits per heavy atom. The minimum atomic E-state index is -0.217. The molecule has 0 bridgehead atoms. The summed E-state index contributed by atoms with van der Waals surface area (Å²) >= 11 is 0. The van der Waals surface area contributed by atoms with E-state index < -0.39 is 0 Å². The first-order valence-corrected chi connectivity index (χ1v) is 6.93. The van der Waals surface area contributed by atoms with Gasteiger partial charge in [0.1, 0.15) is 11.5 Å². The monoisotopic (exact) mass is 264 g/mol. The van der Waals surface area contributed by atoms with Crippen molar-refractivity contribution >= 4 is 5.78 Å². The van der Waals surface area contributed by atoms with E-state index in [-0.39, 0.29) is 17.3 Å². The summed E-state index contributed by atoms with van der Waals surface area (Å²) in [6, 6.07) is 1.85. The number of furan rings is 1. The summed E-state index contributed by atoms with van der Waals surface area (Å²) in [7, 11) is 0. The van der Waals surface area contributed by atoms with E-state index in [9.17, 15) is 4.79 Å². The molecule has 0 aromatic carbocycles. The fourth-order valence-electron chi connectivity index (χ4n) is 3.21. The van der Waals surface area contributed by atoms with Gasteiger partial charge in [-0.15, -0.1) is 0 Å². The highest BCUT2D eigenvalue weighted by molar-refractivity contribution is 5.99. The van der Waals surface area contributed by atoms with Crippen LogP contribution in [0.1, 0.15) is 41.1 Å². The SMILES string of the molecule is Cc1cc(C(=O)C2CCOC3(CCOC3)C2)c(C)o1. The van der Waals surface area contributed by atoms with Gasteiger partial charge in [0.25, 0.3) is 0 Å². The zero-order valence-electron chi connectivity index (χ0n) is 11.5. The number of hydrogen-bond donors (Lipinski definition) is 0. The maximum absolute atomic E-state index is 12.6. The minimum Gasteiger partial charge on any atom is -0.466 e. The van der Waals surface area contributed by atoms with E-state index in [0.29, 0.717) is 13.2 Å². The van der Waals surface area contributed by atoms with Gasteiger partial charge in [-0.2, -0.15) is 0 Å². The third-order valence-electron chi connectivity index (χ3n) is 4.24. The lowest BCUT2D eigenvalue weighted by atomic mass is 9.81. The molecule has 1 spiro atoms. The van der Waals surface area contributed by atoms with Gasteiger partial charge in [-0.25, -0.2) is 0 Å². The summed E-state index contributed by atoms with van der Waals surface area (Å²) in [5.41, 5.74) is 0.518. The average molecular weight is 264 g/mol. The third kappa shape index (κ3) is 2.35. The summed E-state index contributed by atoms with van der Waals surface area (Å²) in [6.07, 6.45) is 2.47. The predicted octanol–water partition coefficient (Wildman–Crippen LogP) is 2.66. The molecule has 0 saturated carbocycles. The molecular weight excluding hydrogens is 244 g/mol. The molecule has 104 valence electrons. The van der Waals surface area contributed by atoms with Crippen molar-refractivity contribution in [2.75, 3.05) is 19.8 Å². The van der Waals surface area contributed by atoms with Gasteiger partial charge in [-0.3, -0.25) is 4.79 Å². The topological polar surface area (TPSA) is 48.7 Å². The fourth-order valence-corrected chi connectivity index (χ4v) is 3.21. The molecule has 0 N–H and O–H groups in total. The second-order valence-corrected chi connectivity index (χ2v) is 5.71. The quantitative estimate of drug-likeness (QED) is 0.770. The van der Waals surface area contributed by atoms with Crippen LogP contribution in [0.3, 0.4) is 0 Å². The molecule has 2 saturated heterocycles. The van der Waals surface area contributed by atoms with Crippen LogP contribution in [-0.2, 0) is 9.47 Å². The normalized spacial score (nSPS) is 30.9. The maximum atomic E-state index is 12.6. The van der Waals surface area contributed by atoms with Gasteiger partial charge in [0.05, 0.1) is 17.8 Å². The molecule has 2 fully saturated rings. The van der Waals surface area contributed by atoms with Crippen LogP contribution >= 0.6 is 0 Å². The van der Waals surface area contributed by atoms with Crippen molar-refractivity contribution < 1.29 is 18.7 Å². The Morgan fingerprint density at radius 2 is 2.21 bits per heavy atom. The second-order valence-electron chi connectivity index (χ2n) is 5.71. The van der Waals surface area contributed by atoms with Crippen LogP contribution in [0.15, 0.2) is 10.5 Å². The van der Waals surface area contributed by atoms with Gasteiger partial charge in [-0.05, 0) is 32.8 Å². The molecule has 4 heteroatoms. The van der Waals surface area contributed by atoms with Crippen molar-refractivity contribution in [3.05, 3.63) is 23.2 Å². The first-order valence-electron chi connectivity index (χ1n) is 6.93. The van der Waals surface area contributed by atoms with E-state index in [0.717, 1.165) is 43.0 Å². The molecule has 1 aromatic rings. The highest BCUT2D eigenvalue weighted by Crippen LogP contribution is 2.37. The van der Waals surface area contributed by atoms with Crippen LogP contribution in [0.4, 0.5) is 0 Å². The number of rotatable bonds is 2. The van der Waals surface area contributed by atoms with E-state index in [1.54, 1.807) is 0 Å². The lowest BCUT2D eigenvalue weighted by molar-refractivity contribution is -0.0920. The molecule has 4 nitrogen and oxygen atoms in total. The fraction of sp³-hybridized carbons (Fsp3) is 0.667. The first-order chi connectivity index (χ1) is 9.10. The summed E-state index contributed by atoms with van der Waals surface area (Å²) in [5.74, 6) is 1.76. The number of hydrogen-bond acceptors (Lipinski definition) is 4. The van der Waals surface area contributed by atoms with Crippen molar-refractivity contribution in [1.82, 2.24) is 0 Å². The Bertz CT molecular complexity index is 482. The standard InChI is InChI=1S/C15H20O4/c1-10-7-13(11(2)19-10)14(16)12-3-5-18-15(8-12)4-6-17-9-15/h7,12H,3-6,8-9H2,1-2H3. The largest absolute Gasteiger partial charge is 0.466 e. The lowest BCUT2D eigenvalue weighted by Gasteiger charge is -2.36. The van der Waals surface area contributed by atoms with Crippen LogP contribution in [0.25, 0.3) is 0 Å². The summed E-state index contributed by atoms with van der Waals surface area (Å²) in [6.45, 7) is 5.74. The second kappa shape index (κ2) is 4.76. The van der Waals surface area contributed by atoms with Crippen LogP contribution < -0.4 is 0 Å². The Balaban J connectivity index is 1.78. The van der Waals surface area contributed by atoms with Crippen molar-refractivity contribution in [2.45, 2.75) is 38.7 Å². The van der Waals surface area contributed by atoms with Gasteiger partial charge >= 0.3 is 0 Å². The Hall–Kier alpha value is -1.13. The summed E-state index contributed by atoms with van der Waals surface area (Å²) in [5, 5.41) is 0. The highest BCUT2D eigenvalue weighted by atomic mass is 16.6. The molecule has 3 rings (SSSR count). The molecule has 0 aliphatic carbocycles. The van der Waals surface area contributed by atoms with Gasteiger partial charge in [-0.1, -0.05) is 0 Å². The number of carbonyl (C=O) groups is 1. The van der Waals surface area contributed by atoms with Crippen LogP contribution in [0.5, 0.6) is 0 Å². The number of carbonyl (C=O) groups excluding carboxylic acids is 1. The summed E-state index contributed by atoms with van der Waals surface area (Å²) < 4.78 is 16.8. The molecule has 3 heterocycles. The minimum absolute atomic E-state index is 0.0335. The summed E-state index contributed by atoms with van der Waals surface area (Å²) in [4.78, 5) is 12.6. The zero-order chi connectivity index (χ0) is 13.5. The molecule has 2 atom stereocenters. The first kappa shape index (κ1) is 12.9.